The summed E-state index contributed by atoms with van der Waals surface area (Å²) in [6, 6.07) is 12.0. The Kier molecular flexibility index (Phi) is 5.76. The third-order valence-corrected chi connectivity index (χ3v) is 6.39. The number of anilines is 1. The third kappa shape index (κ3) is 4.25. The van der Waals surface area contributed by atoms with E-state index in [4.69, 9.17) is 15.2 Å². The van der Waals surface area contributed by atoms with Crippen LogP contribution in [0.4, 0.5) is 5.69 Å². The first-order valence-electron chi connectivity index (χ1n) is 10.4. The zero-order valence-corrected chi connectivity index (χ0v) is 17.3. The van der Waals surface area contributed by atoms with Gasteiger partial charge in [-0.15, -0.1) is 0 Å². The molecule has 2 aromatic rings. The maximum Gasteiger partial charge on any atom is 0.166 e. The SMILES string of the molecule is COc1cc2c(cc1OC)C(=O)C(CC1CCN(Cc3cccc(N)c3)CC1)C2. The number of ether oxygens (including phenoxy) is 2. The molecule has 5 nitrogen and oxygen atoms in total. The molecule has 1 saturated heterocycles. The van der Waals surface area contributed by atoms with Crippen LogP contribution in [0.2, 0.25) is 0 Å². The van der Waals surface area contributed by atoms with Crippen LogP contribution >= 0.6 is 0 Å². The van der Waals surface area contributed by atoms with Crippen LogP contribution in [0, 0.1) is 11.8 Å². The minimum Gasteiger partial charge on any atom is -0.493 e. The molecule has 2 aliphatic rings. The van der Waals surface area contributed by atoms with Gasteiger partial charge in [0.05, 0.1) is 14.2 Å². The molecule has 0 bridgehead atoms. The first-order chi connectivity index (χ1) is 14.1. The normalized spacial score (nSPS) is 19.9. The van der Waals surface area contributed by atoms with Gasteiger partial charge in [-0.1, -0.05) is 12.1 Å². The molecule has 0 saturated carbocycles. The van der Waals surface area contributed by atoms with Gasteiger partial charge in [-0.25, -0.2) is 0 Å². The lowest BCUT2D eigenvalue weighted by Crippen LogP contribution is -2.34. The monoisotopic (exact) mass is 394 g/mol. The van der Waals surface area contributed by atoms with Gasteiger partial charge in [0.15, 0.2) is 17.3 Å². The number of fused-ring (bicyclic) bond motifs is 1. The van der Waals surface area contributed by atoms with Crippen molar-refractivity contribution in [1.82, 2.24) is 4.90 Å². The first-order valence-corrected chi connectivity index (χ1v) is 10.4. The minimum absolute atomic E-state index is 0.0901. The smallest absolute Gasteiger partial charge is 0.166 e. The molecule has 1 aliphatic carbocycles. The van der Waals surface area contributed by atoms with E-state index in [2.05, 4.69) is 17.0 Å². The van der Waals surface area contributed by atoms with Crippen LogP contribution in [0.5, 0.6) is 11.5 Å². The number of nitrogens with zero attached hydrogens (tertiary/aromatic N) is 1. The van der Waals surface area contributed by atoms with Crippen LogP contribution in [-0.2, 0) is 13.0 Å². The van der Waals surface area contributed by atoms with E-state index in [1.54, 1.807) is 14.2 Å². The average molecular weight is 395 g/mol. The number of hydrogen-bond acceptors (Lipinski definition) is 5. The second-order valence-electron chi connectivity index (χ2n) is 8.33. The van der Waals surface area contributed by atoms with Crippen molar-refractivity contribution in [3.05, 3.63) is 53.1 Å². The fourth-order valence-electron chi connectivity index (χ4n) is 4.82. The van der Waals surface area contributed by atoms with E-state index in [9.17, 15) is 4.79 Å². The van der Waals surface area contributed by atoms with Gasteiger partial charge < -0.3 is 15.2 Å². The molecule has 4 rings (SSSR count). The van der Waals surface area contributed by atoms with E-state index in [0.29, 0.717) is 17.4 Å². The molecule has 154 valence electrons. The van der Waals surface area contributed by atoms with Gasteiger partial charge in [0.25, 0.3) is 0 Å². The Balaban J connectivity index is 1.33. The fraction of sp³-hybridized carbons (Fsp3) is 0.458. The van der Waals surface area contributed by atoms with Gasteiger partial charge >= 0.3 is 0 Å². The van der Waals surface area contributed by atoms with Crippen LogP contribution in [0.25, 0.3) is 0 Å². The summed E-state index contributed by atoms with van der Waals surface area (Å²) in [5, 5.41) is 0. The highest BCUT2D eigenvalue weighted by atomic mass is 16.5. The number of carbonyl (C=O) groups is 1. The number of methoxy groups -OCH3 is 2. The number of ketones is 1. The van der Waals surface area contributed by atoms with Gasteiger partial charge in [0, 0.05) is 23.7 Å². The van der Waals surface area contributed by atoms with Crippen molar-refractivity contribution in [2.75, 3.05) is 33.0 Å². The Morgan fingerprint density at radius 1 is 1.07 bits per heavy atom. The predicted octanol–water partition coefficient (Wildman–Crippen LogP) is 3.94. The highest BCUT2D eigenvalue weighted by Crippen LogP contribution is 2.39. The maximum absolute atomic E-state index is 13.0. The lowest BCUT2D eigenvalue weighted by molar-refractivity contribution is 0.0895. The standard InChI is InChI=1S/C24H30N2O3/c1-28-22-13-18-12-19(24(27)21(18)14-23(22)29-2)10-16-6-8-26(9-7-16)15-17-4-3-5-20(25)11-17/h3-5,11,13-14,16,19H,6-10,12,15,25H2,1-2H3. The maximum atomic E-state index is 13.0. The molecule has 1 unspecified atom stereocenters. The summed E-state index contributed by atoms with van der Waals surface area (Å²) < 4.78 is 10.8. The molecule has 2 N–H and O–H groups in total. The zero-order valence-electron chi connectivity index (χ0n) is 17.3. The summed E-state index contributed by atoms with van der Waals surface area (Å²) in [5.74, 6) is 2.30. The number of nitrogens with two attached hydrogens (primary N) is 1. The molecular formula is C24H30N2O3. The summed E-state index contributed by atoms with van der Waals surface area (Å²) in [6.45, 7) is 3.11. The predicted molar refractivity (Wildman–Crippen MR) is 115 cm³/mol. The number of likely N-dealkylation sites (tertiary alicyclic amines) is 1. The van der Waals surface area contributed by atoms with Gasteiger partial charge in [-0.05, 0) is 80.1 Å². The summed E-state index contributed by atoms with van der Waals surface area (Å²) in [4.78, 5) is 15.4. The number of benzene rings is 2. The Labute approximate surface area is 172 Å². The molecule has 1 atom stereocenters. The van der Waals surface area contributed by atoms with E-state index in [-0.39, 0.29) is 11.7 Å². The number of nitrogen functional groups attached to an aromatic ring is 1. The molecule has 0 spiro atoms. The summed E-state index contributed by atoms with van der Waals surface area (Å²) in [7, 11) is 3.24. The van der Waals surface area contributed by atoms with Crippen LogP contribution < -0.4 is 15.2 Å². The molecule has 0 amide bonds. The molecular weight excluding hydrogens is 364 g/mol. The highest BCUT2D eigenvalue weighted by Gasteiger charge is 2.34. The van der Waals surface area contributed by atoms with Crippen LogP contribution in [0.1, 0.15) is 40.7 Å². The summed E-state index contributed by atoms with van der Waals surface area (Å²) in [6.07, 6.45) is 4.09. The zero-order chi connectivity index (χ0) is 20.4. The van der Waals surface area contributed by atoms with Gasteiger partial charge in [0.1, 0.15) is 0 Å². The van der Waals surface area contributed by atoms with Crippen molar-refractivity contribution < 1.29 is 14.3 Å². The highest BCUT2D eigenvalue weighted by molar-refractivity contribution is 6.02. The van der Waals surface area contributed by atoms with Crippen molar-refractivity contribution in [1.29, 1.82) is 0 Å². The Morgan fingerprint density at radius 2 is 1.79 bits per heavy atom. The molecule has 0 aromatic heterocycles. The average Bonchev–Trinajstić information content (AvgIpc) is 3.03. The van der Waals surface area contributed by atoms with Gasteiger partial charge in [-0.2, -0.15) is 0 Å². The Bertz CT molecular complexity index is 888. The molecule has 1 aliphatic heterocycles. The van der Waals surface area contributed by atoms with Crippen molar-refractivity contribution in [3.63, 3.8) is 0 Å². The van der Waals surface area contributed by atoms with E-state index in [1.807, 2.05) is 24.3 Å². The second-order valence-corrected chi connectivity index (χ2v) is 8.33. The number of rotatable bonds is 6. The fourth-order valence-corrected chi connectivity index (χ4v) is 4.82. The molecule has 5 heteroatoms. The Hall–Kier alpha value is -2.53. The van der Waals surface area contributed by atoms with Gasteiger partial charge in [0.2, 0.25) is 0 Å². The van der Waals surface area contributed by atoms with Crippen molar-refractivity contribution in [3.8, 4) is 11.5 Å². The number of hydrogen-bond donors (Lipinski definition) is 1. The number of carbonyl (C=O) groups excluding carboxylic acids is 1. The van der Waals surface area contributed by atoms with Crippen LogP contribution in [0.15, 0.2) is 36.4 Å². The first kappa shape index (κ1) is 19.8. The van der Waals surface area contributed by atoms with Crippen LogP contribution in [0.3, 0.4) is 0 Å². The lowest BCUT2D eigenvalue weighted by Gasteiger charge is -2.33. The summed E-state index contributed by atoms with van der Waals surface area (Å²) in [5.41, 5.74) is 9.90. The van der Waals surface area contributed by atoms with E-state index in [1.165, 1.54) is 5.56 Å². The quantitative estimate of drug-likeness (QED) is 0.752. The third-order valence-electron chi connectivity index (χ3n) is 6.39. The summed E-state index contributed by atoms with van der Waals surface area (Å²) >= 11 is 0. The molecule has 2 aromatic carbocycles. The van der Waals surface area contributed by atoms with E-state index in [0.717, 1.165) is 62.1 Å². The van der Waals surface area contributed by atoms with E-state index < -0.39 is 0 Å². The van der Waals surface area contributed by atoms with E-state index >= 15 is 0 Å². The molecule has 1 heterocycles. The number of piperidine rings is 1. The van der Waals surface area contributed by atoms with Gasteiger partial charge in [-0.3, -0.25) is 9.69 Å². The second kappa shape index (κ2) is 8.46. The van der Waals surface area contributed by atoms with Crippen molar-refractivity contribution in [2.45, 2.75) is 32.2 Å². The molecule has 0 radical (unpaired) electrons. The van der Waals surface area contributed by atoms with Crippen molar-refractivity contribution in [2.24, 2.45) is 11.8 Å². The molecule has 1 fully saturated rings. The Morgan fingerprint density at radius 3 is 2.48 bits per heavy atom. The minimum atomic E-state index is 0.0901. The topological polar surface area (TPSA) is 64.8 Å². The van der Waals surface area contributed by atoms with Crippen molar-refractivity contribution >= 4 is 11.5 Å². The van der Waals surface area contributed by atoms with Crippen LogP contribution in [-0.4, -0.2) is 38.0 Å². The lowest BCUT2D eigenvalue weighted by atomic mass is 9.85. The largest absolute Gasteiger partial charge is 0.493 e. The molecule has 29 heavy (non-hydrogen) atoms. The number of Topliss-reactive ketones (excluding diaryl/α,β-unsaturated/α-hetero) is 1.